The number of hydrogen-bond donors (Lipinski definition) is 2. The van der Waals surface area contributed by atoms with Gasteiger partial charge in [0.15, 0.2) is 4.91 Å². The van der Waals surface area contributed by atoms with E-state index in [1.807, 2.05) is 55.2 Å². The lowest BCUT2D eigenvalue weighted by atomic mass is 10.1. The number of halogens is 1. The molecule has 8 heteroatoms. The van der Waals surface area contributed by atoms with E-state index in [0.717, 1.165) is 28.1 Å². The molecule has 0 aliphatic carbocycles. The molecular weight excluding hydrogens is 436 g/mol. The third kappa shape index (κ3) is 5.81. The number of rotatable bonds is 8. The van der Waals surface area contributed by atoms with Gasteiger partial charge in [0.1, 0.15) is 18.5 Å². The number of para-hydroxylation sites is 1. The molecule has 0 saturated carbocycles. The van der Waals surface area contributed by atoms with Crippen molar-refractivity contribution < 1.29 is 19.5 Å². The molecule has 1 fully saturated rings. The quantitative estimate of drug-likeness (QED) is 0.583. The summed E-state index contributed by atoms with van der Waals surface area (Å²) >= 11 is 4.95. The molecule has 31 heavy (non-hydrogen) atoms. The first-order valence-electron chi connectivity index (χ1n) is 10.2. The van der Waals surface area contributed by atoms with E-state index < -0.39 is 17.3 Å². The van der Waals surface area contributed by atoms with Crippen LogP contribution in [-0.2, 0) is 11.2 Å². The third-order valence-electron chi connectivity index (χ3n) is 4.75. The third-order valence-corrected chi connectivity index (χ3v) is 6.45. The fourth-order valence-corrected chi connectivity index (χ4v) is 4.69. The summed E-state index contributed by atoms with van der Waals surface area (Å²) in [5, 5.41) is 19.3. The van der Waals surface area contributed by atoms with Crippen LogP contribution in [0.5, 0.6) is 5.75 Å². The molecule has 3 rings (SSSR count). The van der Waals surface area contributed by atoms with Crippen LogP contribution >= 0.6 is 11.6 Å². The van der Waals surface area contributed by atoms with E-state index in [0.29, 0.717) is 29.0 Å². The molecular formula is C23H27ClN2O4S. The van der Waals surface area contributed by atoms with E-state index in [9.17, 15) is 9.66 Å². The second-order valence-electron chi connectivity index (χ2n) is 7.25. The smallest absolute Gasteiger partial charge is 0.325 e. The van der Waals surface area contributed by atoms with Gasteiger partial charge in [-0.3, -0.25) is 4.90 Å². The highest BCUT2D eigenvalue weighted by atomic mass is 35.5. The minimum atomic E-state index is -1.36. The van der Waals surface area contributed by atoms with E-state index in [1.165, 1.54) is 0 Å². The summed E-state index contributed by atoms with van der Waals surface area (Å²) in [5.74, 6) is 0.413. The van der Waals surface area contributed by atoms with E-state index in [4.69, 9.17) is 21.4 Å². The maximum Gasteiger partial charge on any atom is 0.325 e. The van der Waals surface area contributed by atoms with Gasteiger partial charge >= 0.3 is 5.17 Å². The fourth-order valence-electron chi connectivity index (χ4n) is 3.15. The van der Waals surface area contributed by atoms with Crippen molar-refractivity contribution in [3.63, 3.8) is 0 Å². The van der Waals surface area contributed by atoms with Crippen LogP contribution in [-0.4, -0.2) is 52.3 Å². The van der Waals surface area contributed by atoms with E-state index in [2.05, 4.69) is 4.99 Å². The highest BCUT2D eigenvalue weighted by Gasteiger charge is 2.39. The summed E-state index contributed by atoms with van der Waals surface area (Å²) in [4.78, 5) is 7.37. The Bertz CT molecular complexity index is 966. The number of amidine groups is 1. The molecule has 1 heterocycles. The van der Waals surface area contributed by atoms with Gasteiger partial charge < -0.3 is 19.5 Å². The van der Waals surface area contributed by atoms with Crippen molar-refractivity contribution in [3.8, 4) is 5.75 Å². The van der Waals surface area contributed by atoms with Gasteiger partial charge in [-0.1, -0.05) is 42.8 Å². The van der Waals surface area contributed by atoms with Crippen LogP contribution in [0.25, 0.3) is 6.08 Å². The van der Waals surface area contributed by atoms with Gasteiger partial charge in [-0.25, -0.2) is 4.99 Å². The average Bonchev–Trinajstić information content (AvgIpc) is 3.06. The van der Waals surface area contributed by atoms with Crippen LogP contribution in [0.4, 0.5) is 5.69 Å². The maximum absolute atomic E-state index is 13.2. The summed E-state index contributed by atoms with van der Waals surface area (Å²) < 4.78 is 18.7. The Morgan fingerprint density at radius 1 is 1.32 bits per heavy atom. The van der Waals surface area contributed by atoms with Crippen molar-refractivity contribution in [3.05, 3.63) is 63.5 Å². The van der Waals surface area contributed by atoms with E-state index >= 15 is 0 Å². The van der Waals surface area contributed by atoms with Crippen molar-refractivity contribution in [2.75, 3.05) is 31.2 Å². The number of ether oxygens (including phenoxy) is 1. The molecule has 0 radical (unpaired) electrons. The highest BCUT2D eigenvalue weighted by molar-refractivity contribution is 8.10. The topological polar surface area (TPSA) is 88.4 Å². The Morgan fingerprint density at radius 2 is 2.10 bits per heavy atom. The SMILES string of the molecule is CCC/N=C1/N(c2ccccc2C)C/C(=C/c2ccc(OC[C@H](O)CO)c(Cl)c2)[S+]1[O-]. The second kappa shape index (κ2) is 11.0. The van der Waals surface area contributed by atoms with Gasteiger partial charge in [-0.15, -0.1) is 0 Å². The van der Waals surface area contributed by atoms with Crippen LogP contribution in [0.3, 0.4) is 0 Å². The molecule has 2 N–H and O–H groups in total. The van der Waals surface area contributed by atoms with E-state index in [-0.39, 0.29) is 13.2 Å². The lowest BCUT2D eigenvalue weighted by Gasteiger charge is -2.17. The van der Waals surface area contributed by atoms with Crippen LogP contribution in [0.15, 0.2) is 52.4 Å². The van der Waals surface area contributed by atoms with Gasteiger partial charge in [0.25, 0.3) is 0 Å². The summed E-state index contributed by atoms with van der Waals surface area (Å²) in [7, 11) is 0. The molecule has 0 spiro atoms. The standard InChI is InChI=1S/C23H27ClN2O4S/c1-3-10-25-23-26(21-7-5-4-6-16(21)2)13-19(31(23)29)11-17-8-9-22(20(24)12-17)30-15-18(28)14-27/h4-9,11-12,18,27-28H,3,10,13-15H2,1-2H3/b19-11-,25-23-/t18-,31?/m1/s1. The molecule has 1 aliphatic rings. The molecule has 1 saturated heterocycles. The van der Waals surface area contributed by atoms with Crippen molar-refractivity contribution in [2.45, 2.75) is 26.4 Å². The molecule has 6 nitrogen and oxygen atoms in total. The monoisotopic (exact) mass is 462 g/mol. The summed E-state index contributed by atoms with van der Waals surface area (Å²) in [6.07, 6.45) is 1.78. The number of aryl methyl sites for hydroxylation is 1. The minimum Gasteiger partial charge on any atom is -0.604 e. The molecule has 2 aromatic rings. The lowest BCUT2D eigenvalue weighted by Crippen LogP contribution is -2.28. The lowest BCUT2D eigenvalue weighted by molar-refractivity contribution is 0.0536. The first-order chi connectivity index (χ1) is 14.9. The highest BCUT2D eigenvalue weighted by Crippen LogP contribution is 2.33. The first kappa shape index (κ1) is 23.6. The predicted octanol–water partition coefficient (Wildman–Crippen LogP) is 3.76. The maximum atomic E-state index is 13.2. The number of aliphatic hydroxyl groups is 2. The van der Waals surface area contributed by atoms with Gasteiger partial charge in [-0.05, 0) is 48.7 Å². The first-order valence-corrected chi connectivity index (χ1v) is 11.7. The van der Waals surface area contributed by atoms with Gasteiger partial charge in [0.05, 0.1) is 35.0 Å². The molecule has 1 unspecified atom stereocenters. The minimum absolute atomic E-state index is 0.0523. The number of benzene rings is 2. The number of nitrogens with zero attached hydrogens (tertiary/aromatic N) is 2. The van der Waals surface area contributed by atoms with Crippen molar-refractivity contribution in [2.24, 2.45) is 4.99 Å². The summed E-state index contributed by atoms with van der Waals surface area (Å²) in [6, 6.07) is 13.2. The van der Waals surface area contributed by atoms with Crippen LogP contribution in [0.1, 0.15) is 24.5 Å². The number of aliphatic hydroxyl groups excluding tert-OH is 2. The van der Waals surface area contributed by atoms with Crippen LogP contribution in [0.2, 0.25) is 5.02 Å². The van der Waals surface area contributed by atoms with Gasteiger partial charge in [0.2, 0.25) is 0 Å². The normalized spacial score (nSPS) is 19.9. The van der Waals surface area contributed by atoms with Crippen molar-refractivity contribution in [1.82, 2.24) is 0 Å². The predicted molar refractivity (Wildman–Crippen MR) is 127 cm³/mol. The number of aliphatic imine (C=N–C) groups is 1. The Labute approximate surface area is 191 Å². The molecule has 2 aromatic carbocycles. The molecule has 0 aromatic heterocycles. The molecule has 0 amide bonds. The number of anilines is 1. The molecule has 166 valence electrons. The zero-order valence-corrected chi connectivity index (χ0v) is 19.2. The zero-order valence-electron chi connectivity index (χ0n) is 17.6. The van der Waals surface area contributed by atoms with Gasteiger partial charge in [-0.2, -0.15) is 0 Å². The Hall–Kier alpha value is -2.03. The van der Waals surface area contributed by atoms with Gasteiger partial charge in [0, 0.05) is 6.54 Å². The van der Waals surface area contributed by atoms with Crippen molar-refractivity contribution in [1.29, 1.82) is 0 Å². The molecule has 2 atom stereocenters. The summed E-state index contributed by atoms with van der Waals surface area (Å²) in [6.45, 7) is 4.74. The molecule has 1 aliphatic heterocycles. The van der Waals surface area contributed by atoms with Crippen LogP contribution < -0.4 is 9.64 Å². The molecule has 0 bridgehead atoms. The van der Waals surface area contributed by atoms with E-state index in [1.54, 1.807) is 12.1 Å². The fraction of sp³-hybridized carbons (Fsp3) is 0.348. The largest absolute Gasteiger partial charge is 0.604 e. The Balaban J connectivity index is 1.86. The zero-order chi connectivity index (χ0) is 22.4. The summed E-state index contributed by atoms with van der Waals surface area (Å²) in [5.41, 5.74) is 2.89. The van der Waals surface area contributed by atoms with Crippen LogP contribution in [0, 0.1) is 6.92 Å². The number of hydrogen-bond acceptors (Lipinski definition) is 5. The Morgan fingerprint density at radius 3 is 2.77 bits per heavy atom. The second-order valence-corrected chi connectivity index (χ2v) is 9.09. The average molecular weight is 463 g/mol. The van der Waals surface area contributed by atoms with Crippen molar-refractivity contribution >= 4 is 39.7 Å². The Kier molecular flexibility index (Phi) is 8.40.